The number of anilines is 1. The molecule has 0 aliphatic heterocycles. The minimum absolute atomic E-state index is 0.0635. The van der Waals surface area contributed by atoms with E-state index in [-0.39, 0.29) is 16.0 Å². The molecule has 19 heavy (non-hydrogen) atoms. The molecule has 0 radical (unpaired) electrons. The number of nitrogens with two attached hydrogens (primary N) is 1. The molecule has 0 unspecified atom stereocenters. The van der Waals surface area contributed by atoms with Gasteiger partial charge in [0.05, 0.1) is 0 Å². The quantitative estimate of drug-likeness (QED) is 0.853. The zero-order chi connectivity index (χ0) is 13.8. The molecule has 1 heterocycles. The van der Waals surface area contributed by atoms with Crippen LogP contribution in [0.4, 0.5) is 5.69 Å². The van der Waals surface area contributed by atoms with Crippen LogP contribution >= 0.6 is 23.2 Å². The predicted octanol–water partition coefficient (Wildman–Crippen LogP) is 2.42. The molecule has 1 amide bonds. The summed E-state index contributed by atoms with van der Waals surface area (Å²) in [6.07, 6.45) is 1.21. The molecule has 0 fully saturated rings. The highest BCUT2D eigenvalue weighted by molar-refractivity contribution is 6.38. The van der Waals surface area contributed by atoms with Gasteiger partial charge < -0.3 is 11.1 Å². The van der Waals surface area contributed by atoms with E-state index in [1.165, 1.54) is 6.33 Å². The fourth-order valence-electron chi connectivity index (χ4n) is 1.46. The highest BCUT2D eigenvalue weighted by Crippen LogP contribution is 2.26. The molecule has 2 rings (SSSR count). The van der Waals surface area contributed by atoms with Crippen molar-refractivity contribution in [3.63, 3.8) is 0 Å². The number of aromatic nitrogens is 2. The van der Waals surface area contributed by atoms with Gasteiger partial charge in [-0.3, -0.25) is 4.79 Å². The Morgan fingerprint density at radius 1 is 1.16 bits per heavy atom. The van der Waals surface area contributed by atoms with Gasteiger partial charge in [0.2, 0.25) is 5.91 Å². The molecule has 2 aromatic rings. The van der Waals surface area contributed by atoms with Gasteiger partial charge >= 0.3 is 0 Å². The van der Waals surface area contributed by atoms with Gasteiger partial charge in [-0.25, -0.2) is 9.97 Å². The second-order valence-electron chi connectivity index (χ2n) is 3.71. The summed E-state index contributed by atoms with van der Waals surface area (Å²) in [5, 5.41) is 2.65. The molecule has 0 aliphatic carbocycles. The van der Waals surface area contributed by atoms with Gasteiger partial charge in [-0.05, 0) is 5.56 Å². The molecule has 5 nitrogen and oxygen atoms in total. The summed E-state index contributed by atoms with van der Waals surface area (Å²) in [5.41, 5.74) is 6.69. The Kier molecular flexibility index (Phi) is 4.31. The lowest BCUT2D eigenvalue weighted by Gasteiger charge is -2.13. The fraction of sp³-hybridized carbons (Fsp3) is 0.0833. The van der Waals surface area contributed by atoms with E-state index in [4.69, 9.17) is 28.9 Å². The first-order valence-corrected chi connectivity index (χ1v) is 6.12. The topological polar surface area (TPSA) is 80.9 Å². The van der Waals surface area contributed by atoms with E-state index in [1.807, 2.05) is 6.07 Å². The second-order valence-corrected chi connectivity index (χ2v) is 4.42. The highest BCUT2D eigenvalue weighted by atomic mass is 35.5. The number of nitrogens with one attached hydrogen (secondary N) is 1. The third-order valence-corrected chi connectivity index (χ3v) is 3.02. The number of carbonyl (C=O) groups is 1. The maximum Gasteiger partial charge on any atom is 0.246 e. The van der Waals surface area contributed by atoms with Crippen molar-refractivity contribution in [1.29, 1.82) is 0 Å². The Morgan fingerprint density at radius 3 is 2.32 bits per heavy atom. The molecule has 1 atom stereocenters. The average Bonchev–Trinajstić information content (AvgIpc) is 2.43. The molecule has 3 N–H and O–H groups in total. The lowest BCUT2D eigenvalue weighted by atomic mass is 10.1. The van der Waals surface area contributed by atoms with Crippen molar-refractivity contribution in [2.75, 3.05) is 5.32 Å². The molecule has 0 saturated carbocycles. The van der Waals surface area contributed by atoms with Crippen LogP contribution in [0.15, 0.2) is 36.7 Å². The predicted molar refractivity (Wildman–Crippen MR) is 74.1 cm³/mol. The molecule has 0 bridgehead atoms. The minimum atomic E-state index is -0.825. The van der Waals surface area contributed by atoms with E-state index in [9.17, 15) is 4.79 Å². The molecular weight excluding hydrogens is 287 g/mol. The summed E-state index contributed by atoms with van der Waals surface area (Å²) in [5.74, 6) is -0.440. The van der Waals surface area contributed by atoms with Crippen LogP contribution in [0.3, 0.4) is 0 Å². The summed E-state index contributed by atoms with van der Waals surface area (Å²) < 4.78 is 0. The molecule has 0 spiro atoms. The van der Waals surface area contributed by atoms with Crippen LogP contribution in [-0.2, 0) is 4.79 Å². The van der Waals surface area contributed by atoms with Crippen LogP contribution in [0.2, 0.25) is 10.3 Å². The summed E-state index contributed by atoms with van der Waals surface area (Å²) in [4.78, 5) is 19.5. The van der Waals surface area contributed by atoms with Crippen molar-refractivity contribution in [2.24, 2.45) is 5.73 Å². The third kappa shape index (κ3) is 3.20. The van der Waals surface area contributed by atoms with Crippen LogP contribution in [0.5, 0.6) is 0 Å². The van der Waals surface area contributed by atoms with Gasteiger partial charge in [0.25, 0.3) is 0 Å². The first kappa shape index (κ1) is 13.7. The normalized spacial score (nSPS) is 11.9. The lowest BCUT2D eigenvalue weighted by Crippen LogP contribution is -2.28. The summed E-state index contributed by atoms with van der Waals surface area (Å²) in [7, 11) is 0. The van der Waals surface area contributed by atoms with Crippen molar-refractivity contribution < 1.29 is 4.79 Å². The van der Waals surface area contributed by atoms with Crippen molar-refractivity contribution in [3.8, 4) is 0 Å². The second kappa shape index (κ2) is 5.97. The number of hydrogen-bond acceptors (Lipinski definition) is 4. The molecule has 1 aromatic carbocycles. The van der Waals surface area contributed by atoms with Crippen LogP contribution in [0.1, 0.15) is 11.6 Å². The molecule has 0 saturated heterocycles. The van der Waals surface area contributed by atoms with E-state index in [2.05, 4.69) is 15.3 Å². The average molecular weight is 297 g/mol. The van der Waals surface area contributed by atoms with Crippen molar-refractivity contribution in [2.45, 2.75) is 6.04 Å². The van der Waals surface area contributed by atoms with E-state index in [0.29, 0.717) is 5.56 Å². The van der Waals surface area contributed by atoms with Gasteiger partial charge in [-0.1, -0.05) is 53.5 Å². The number of carbonyl (C=O) groups excluding carboxylic acids is 1. The van der Waals surface area contributed by atoms with Gasteiger partial charge in [0, 0.05) is 0 Å². The van der Waals surface area contributed by atoms with Gasteiger partial charge in [0.15, 0.2) is 10.3 Å². The number of benzene rings is 1. The van der Waals surface area contributed by atoms with E-state index in [0.717, 1.165) is 0 Å². The first-order valence-electron chi connectivity index (χ1n) is 5.37. The van der Waals surface area contributed by atoms with Crippen LogP contribution < -0.4 is 11.1 Å². The molecule has 7 heteroatoms. The summed E-state index contributed by atoms with van der Waals surface area (Å²) in [6, 6.07) is 8.13. The Labute approximate surface area is 119 Å². The van der Waals surface area contributed by atoms with Gasteiger partial charge in [0.1, 0.15) is 18.1 Å². The number of nitrogens with zero attached hydrogens (tertiary/aromatic N) is 2. The zero-order valence-corrected chi connectivity index (χ0v) is 11.2. The van der Waals surface area contributed by atoms with Crippen molar-refractivity contribution >= 4 is 34.8 Å². The monoisotopic (exact) mass is 296 g/mol. The Morgan fingerprint density at radius 2 is 1.74 bits per heavy atom. The molecule has 1 aromatic heterocycles. The van der Waals surface area contributed by atoms with Crippen LogP contribution in [0.25, 0.3) is 0 Å². The lowest BCUT2D eigenvalue weighted by molar-refractivity contribution is -0.117. The number of halogens is 2. The molecular formula is C12H10Cl2N4O. The number of hydrogen-bond donors (Lipinski definition) is 2. The largest absolute Gasteiger partial charge is 0.319 e. The van der Waals surface area contributed by atoms with Crippen LogP contribution in [-0.4, -0.2) is 15.9 Å². The maximum absolute atomic E-state index is 12.0. The minimum Gasteiger partial charge on any atom is -0.319 e. The SMILES string of the molecule is N[C@@H](C(=O)Nc1c(Cl)ncnc1Cl)c1ccccc1. The number of amides is 1. The highest BCUT2D eigenvalue weighted by Gasteiger charge is 2.18. The van der Waals surface area contributed by atoms with Crippen molar-refractivity contribution in [1.82, 2.24) is 9.97 Å². The Balaban J connectivity index is 2.18. The fourth-order valence-corrected chi connectivity index (χ4v) is 1.87. The Bertz CT molecular complexity index is 571. The Hall–Kier alpha value is -1.69. The maximum atomic E-state index is 12.0. The van der Waals surface area contributed by atoms with E-state index in [1.54, 1.807) is 24.3 Å². The summed E-state index contributed by atoms with van der Waals surface area (Å²) >= 11 is 11.7. The summed E-state index contributed by atoms with van der Waals surface area (Å²) in [6.45, 7) is 0. The number of rotatable bonds is 3. The molecule has 98 valence electrons. The van der Waals surface area contributed by atoms with Crippen molar-refractivity contribution in [3.05, 3.63) is 52.5 Å². The van der Waals surface area contributed by atoms with Gasteiger partial charge in [-0.15, -0.1) is 0 Å². The third-order valence-electron chi connectivity index (χ3n) is 2.44. The zero-order valence-electron chi connectivity index (χ0n) is 9.68. The molecule has 0 aliphatic rings. The van der Waals surface area contributed by atoms with E-state index < -0.39 is 11.9 Å². The smallest absolute Gasteiger partial charge is 0.246 e. The standard InChI is InChI=1S/C12H10Cl2N4O/c13-10-9(11(14)17-6-16-10)18-12(19)8(15)7-4-2-1-3-5-7/h1-6,8H,15H2,(H,18,19)/t8-/m1/s1. The first-order chi connectivity index (χ1) is 9.09. The van der Waals surface area contributed by atoms with Crippen LogP contribution in [0, 0.1) is 0 Å². The van der Waals surface area contributed by atoms with E-state index >= 15 is 0 Å². The van der Waals surface area contributed by atoms with Gasteiger partial charge in [-0.2, -0.15) is 0 Å².